The van der Waals surface area contributed by atoms with Gasteiger partial charge in [-0.15, -0.1) is 0 Å². The number of carboxylic acids is 1. The molecule has 0 fully saturated rings. The van der Waals surface area contributed by atoms with Crippen molar-refractivity contribution >= 4 is 11.9 Å². The molecule has 0 unspecified atom stereocenters. The molecule has 1 amide bonds. The smallest absolute Gasteiger partial charge is 0.332 e. The summed E-state index contributed by atoms with van der Waals surface area (Å²) in [6, 6.07) is 0. The maximum atomic E-state index is 11.9. The zero-order valence-electron chi connectivity index (χ0n) is 11.2. The van der Waals surface area contributed by atoms with E-state index in [4.69, 9.17) is 5.11 Å². The van der Waals surface area contributed by atoms with Gasteiger partial charge in [-0.2, -0.15) is 0 Å². The van der Waals surface area contributed by atoms with E-state index in [0.717, 1.165) is 25.9 Å². The molecule has 0 radical (unpaired) electrons. The Morgan fingerprint density at radius 1 is 1.50 bits per heavy atom. The first-order valence-corrected chi connectivity index (χ1v) is 6.43. The first-order chi connectivity index (χ1) is 8.54. The van der Waals surface area contributed by atoms with Gasteiger partial charge in [-0.1, -0.05) is 19.4 Å². The molecule has 0 bridgehead atoms. The van der Waals surface area contributed by atoms with Crippen LogP contribution in [0.1, 0.15) is 26.2 Å². The van der Waals surface area contributed by atoms with Crippen molar-refractivity contribution in [2.24, 2.45) is 0 Å². The molecular weight excluding hydrogens is 232 g/mol. The van der Waals surface area contributed by atoms with Crippen LogP contribution in [0.3, 0.4) is 0 Å². The zero-order valence-corrected chi connectivity index (χ0v) is 11.2. The minimum Gasteiger partial charge on any atom is -0.478 e. The molecule has 0 aromatic rings. The molecule has 0 aliphatic carbocycles. The van der Waals surface area contributed by atoms with Crippen LogP contribution in [-0.4, -0.2) is 60.0 Å². The second-order valence-corrected chi connectivity index (χ2v) is 4.70. The number of carboxylic acid groups (broad SMARTS) is 1. The summed E-state index contributed by atoms with van der Waals surface area (Å²) in [7, 11) is 1.80. The van der Waals surface area contributed by atoms with Gasteiger partial charge in [0, 0.05) is 32.3 Å². The average molecular weight is 254 g/mol. The third kappa shape index (κ3) is 4.49. The van der Waals surface area contributed by atoms with Gasteiger partial charge in [0.05, 0.1) is 6.54 Å². The van der Waals surface area contributed by atoms with E-state index in [1.54, 1.807) is 18.0 Å². The van der Waals surface area contributed by atoms with Crippen molar-refractivity contribution in [2.45, 2.75) is 26.2 Å². The summed E-state index contributed by atoms with van der Waals surface area (Å²) in [6.07, 6.45) is 4.51. The van der Waals surface area contributed by atoms with Crippen LogP contribution in [0.25, 0.3) is 0 Å². The zero-order chi connectivity index (χ0) is 13.5. The van der Waals surface area contributed by atoms with Crippen LogP contribution in [-0.2, 0) is 9.59 Å². The van der Waals surface area contributed by atoms with Crippen LogP contribution < -0.4 is 0 Å². The summed E-state index contributed by atoms with van der Waals surface area (Å²) in [5.74, 6) is -0.818. The summed E-state index contributed by atoms with van der Waals surface area (Å²) < 4.78 is 0. The third-order valence-electron chi connectivity index (χ3n) is 3.14. The molecule has 0 saturated carbocycles. The number of hydrogen-bond acceptors (Lipinski definition) is 3. The summed E-state index contributed by atoms with van der Waals surface area (Å²) in [4.78, 5) is 26.4. The number of carbonyl (C=O) groups excluding carboxylic acids is 1. The number of unbranched alkanes of at least 4 members (excludes halogenated alkanes) is 1. The van der Waals surface area contributed by atoms with E-state index in [2.05, 4.69) is 6.92 Å². The Bertz CT molecular complexity index is 339. The largest absolute Gasteiger partial charge is 0.478 e. The number of carbonyl (C=O) groups is 2. The van der Waals surface area contributed by atoms with Crippen LogP contribution in [0.15, 0.2) is 11.6 Å². The number of amides is 1. The lowest BCUT2D eigenvalue weighted by molar-refractivity contribution is -0.134. The van der Waals surface area contributed by atoms with Gasteiger partial charge in [0.2, 0.25) is 5.91 Å². The first kappa shape index (κ1) is 14.7. The molecule has 0 spiro atoms. The van der Waals surface area contributed by atoms with Crippen molar-refractivity contribution < 1.29 is 14.7 Å². The predicted octanol–water partition coefficient (Wildman–Crippen LogP) is 0.962. The van der Waals surface area contributed by atoms with E-state index in [-0.39, 0.29) is 5.91 Å². The van der Waals surface area contributed by atoms with Crippen LogP contribution in [0, 0.1) is 0 Å². The highest BCUT2D eigenvalue weighted by Gasteiger charge is 2.20. The summed E-state index contributed by atoms with van der Waals surface area (Å²) >= 11 is 0. The van der Waals surface area contributed by atoms with Crippen LogP contribution in [0.2, 0.25) is 0 Å². The van der Waals surface area contributed by atoms with Crippen molar-refractivity contribution in [3.63, 3.8) is 0 Å². The topological polar surface area (TPSA) is 60.9 Å². The highest BCUT2D eigenvalue weighted by Crippen LogP contribution is 2.09. The minimum atomic E-state index is -0.883. The summed E-state index contributed by atoms with van der Waals surface area (Å²) in [5, 5.41) is 8.93. The molecule has 0 aromatic heterocycles. The molecule has 102 valence electrons. The van der Waals surface area contributed by atoms with Gasteiger partial charge in [0.1, 0.15) is 0 Å². The van der Waals surface area contributed by atoms with Crippen molar-refractivity contribution in [2.75, 3.05) is 33.2 Å². The standard InChI is InChI=1S/C13H22N2O3/c1-3-4-7-14(2)12(16)10-15-8-5-6-11(9-15)13(17)18/h6H,3-5,7-10H2,1-2H3,(H,17,18). The summed E-state index contributed by atoms with van der Waals surface area (Å²) in [5.41, 5.74) is 0.394. The van der Waals surface area contributed by atoms with Gasteiger partial charge in [-0.3, -0.25) is 9.69 Å². The number of rotatable bonds is 6. The van der Waals surface area contributed by atoms with Gasteiger partial charge in [0.25, 0.3) is 0 Å². The minimum absolute atomic E-state index is 0.0649. The lowest BCUT2D eigenvalue weighted by atomic mass is 10.1. The molecule has 5 nitrogen and oxygen atoms in total. The predicted molar refractivity (Wildman–Crippen MR) is 69.3 cm³/mol. The fourth-order valence-electron chi connectivity index (χ4n) is 1.93. The van der Waals surface area contributed by atoms with Crippen molar-refractivity contribution in [3.8, 4) is 0 Å². The number of aliphatic carboxylic acids is 1. The first-order valence-electron chi connectivity index (χ1n) is 6.43. The lowest BCUT2D eigenvalue weighted by Gasteiger charge is -2.27. The average Bonchev–Trinajstić information content (AvgIpc) is 2.36. The highest BCUT2D eigenvalue weighted by molar-refractivity contribution is 5.87. The van der Waals surface area contributed by atoms with E-state index in [1.165, 1.54) is 0 Å². The van der Waals surface area contributed by atoms with Crippen molar-refractivity contribution in [1.82, 2.24) is 9.80 Å². The highest BCUT2D eigenvalue weighted by atomic mass is 16.4. The van der Waals surface area contributed by atoms with Gasteiger partial charge in [-0.25, -0.2) is 4.79 Å². The third-order valence-corrected chi connectivity index (χ3v) is 3.14. The van der Waals surface area contributed by atoms with E-state index in [1.807, 2.05) is 4.90 Å². The molecule has 18 heavy (non-hydrogen) atoms. The molecule has 1 heterocycles. The van der Waals surface area contributed by atoms with Gasteiger partial charge >= 0.3 is 5.97 Å². The SMILES string of the molecule is CCCCN(C)C(=O)CN1CCC=C(C(=O)O)C1. The van der Waals surface area contributed by atoms with Gasteiger partial charge in [0.15, 0.2) is 0 Å². The van der Waals surface area contributed by atoms with Crippen molar-refractivity contribution in [3.05, 3.63) is 11.6 Å². The van der Waals surface area contributed by atoms with E-state index < -0.39 is 5.97 Å². The molecule has 1 aliphatic heterocycles. The molecule has 0 atom stereocenters. The van der Waals surface area contributed by atoms with Gasteiger partial charge in [-0.05, 0) is 12.8 Å². The Morgan fingerprint density at radius 3 is 2.83 bits per heavy atom. The number of hydrogen-bond donors (Lipinski definition) is 1. The van der Waals surface area contributed by atoms with Crippen LogP contribution >= 0.6 is 0 Å². The molecule has 0 aromatic carbocycles. The number of nitrogens with zero attached hydrogens (tertiary/aromatic N) is 2. The molecule has 0 saturated heterocycles. The number of likely N-dealkylation sites (N-methyl/N-ethyl adjacent to an activating group) is 1. The Morgan fingerprint density at radius 2 is 2.22 bits per heavy atom. The lowest BCUT2D eigenvalue weighted by Crippen LogP contribution is -2.41. The van der Waals surface area contributed by atoms with Crippen molar-refractivity contribution in [1.29, 1.82) is 0 Å². The van der Waals surface area contributed by atoms with E-state index in [9.17, 15) is 9.59 Å². The normalized spacial score (nSPS) is 16.2. The second kappa shape index (κ2) is 7.16. The monoisotopic (exact) mass is 254 g/mol. The molecule has 1 N–H and O–H groups in total. The molecule has 1 aliphatic rings. The van der Waals surface area contributed by atoms with E-state index >= 15 is 0 Å². The Hall–Kier alpha value is -1.36. The second-order valence-electron chi connectivity index (χ2n) is 4.70. The molecular formula is C13H22N2O3. The van der Waals surface area contributed by atoms with Crippen LogP contribution in [0.4, 0.5) is 0 Å². The molecule has 5 heteroatoms. The van der Waals surface area contributed by atoms with E-state index in [0.29, 0.717) is 25.1 Å². The maximum absolute atomic E-state index is 11.9. The fourth-order valence-corrected chi connectivity index (χ4v) is 1.93. The Labute approximate surface area is 108 Å². The Kier molecular flexibility index (Phi) is 5.85. The summed E-state index contributed by atoms with van der Waals surface area (Å²) in [6.45, 7) is 4.29. The molecule has 1 rings (SSSR count). The van der Waals surface area contributed by atoms with Gasteiger partial charge < -0.3 is 10.0 Å². The maximum Gasteiger partial charge on any atom is 0.332 e. The quantitative estimate of drug-likeness (QED) is 0.767. The fraction of sp³-hybridized carbons (Fsp3) is 0.692. The van der Waals surface area contributed by atoms with Crippen LogP contribution in [0.5, 0.6) is 0 Å². The Balaban J connectivity index is 2.41.